The van der Waals surface area contributed by atoms with E-state index in [-0.39, 0.29) is 16.4 Å². The van der Waals surface area contributed by atoms with Gasteiger partial charge >= 0.3 is 12.2 Å². The summed E-state index contributed by atoms with van der Waals surface area (Å²) in [5.74, 6) is 0.234. The fraction of sp³-hybridized carbons (Fsp3) is 0.273. The fourth-order valence-corrected chi connectivity index (χ4v) is 1.42. The number of urea groups is 1. The smallest absolute Gasteiger partial charge is 0.405 e. The molecule has 1 rings (SSSR count). The number of rotatable bonds is 4. The molecule has 5 nitrogen and oxygen atoms in total. The molecule has 0 atom stereocenters. The normalized spacial score (nSPS) is 10.8. The number of nitrogens with one attached hydrogen (secondary N) is 2. The van der Waals surface area contributed by atoms with Crippen molar-refractivity contribution in [2.75, 3.05) is 19.0 Å². The minimum Gasteiger partial charge on any atom is -0.495 e. The van der Waals surface area contributed by atoms with E-state index in [9.17, 15) is 18.0 Å². The number of amides is 2. The molecule has 1 aromatic rings. The van der Waals surface area contributed by atoms with Gasteiger partial charge in [-0.15, -0.1) is 0 Å². The van der Waals surface area contributed by atoms with Gasteiger partial charge in [-0.1, -0.05) is 12.2 Å². The zero-order chi connectivity index (χ0) is 15.3. The maximum Gasteiger partial charge on any atom is 0.405 e. The zero-order valence-electron chi connectivity index (χ0n) is 10.4. The lowest BCUT2D eigenvalue weighted by atomic mass is 10.2. The minimum absolute atomic E-state index is 0.136. The van der Waals surface area contributed by atoms with Crippen LogP contribution in [0.25, 0.3) is 0 Å². The monoisotopic (exact) mass is 307 g/mol. The molecule has 0 saturated carbocycles. The third-order valence-corrected chi connectivity index (χ3v) is 2.42. The van der Waals surface area contributed by atoms with E-state index in [1.54, 1.807) is 5.32 Å². The highest BCUT2D eigenvalue weighted by Gasteiger charge is 2.27. The molecule has 0 aliphatic heterocycles. The van der Waals surface area contributed by atoms with Gasteiger partial charge in [-0.3, -0.25) is 0 Å². The number of alkyl halides is 3. The van der Waals surface area contributed by atoms with E-state index in [0.29, 0.717) is 5.56 Å². The first-order chi connectivity index (χ1) is 9.23. The molecule has 0 aliphatic rings. The molecule has 1 aromatic carbocycles. The van der Waals surface area contributed by atoms with Crippen LogP contribution < -0.4 is 21.1 Å². The molecule has 0 heterocycles. The van der Waals surface area contributed by atoms with Crippen molar-refractivity contribution in [1.29, 1.82) is 0 Å². The van der Waals surface area contributed by atoms with Crippen LogP contribution in [0.4, 0.5) is 23.7 Å². The number of carbonyl (C=O) groups excluding carboxylic acids is 1. The van der Waals surface area contributed by atoms with Crippen molar-refractivity contribution in [2.45, 2.75) is 6.18 Å². The van der Waals surface area contributed by atoms with Crippen LogP contribution in [0.3, 0.4) is 0 Å². The molecular formula is C11H12F3N3O2S. The molecule has 0 aliphatic carbocycles. The first-order valence-corrected chi connectivity index (χ1v) is 5.73. The van der Waals surface area contributed by atoms with Crippen molar-refractivity contribution in [3.8, 4) is 5.75 Å². The Morgan fingerprint density at radius 2 is 2.10 bits per heavy atom. The molecule has 0 saturated heterocycles. The van der Waals surface area contributed by atoms with Gasteiger partial charge in [0.15, 0.2) is 0 Å². The summed E-state index contributed by atoms with van der Waals surface area (Å²) in [5.41, 5.74) is 6.15. The minimum atomic E-state index is -4.48. The summed E-state index contributed by atoms with van der Waals surface area (Å²) in [4.78, 5) is 11.5. The van der Waals surface area contributed by atoms with E-state index >= 15 is 0 Å². The summed E-state index contributed by atoms with van der Waals surface area (Å²) in [6.07, 6.45) is -4.48. The van der Waals surface area contributed by atoms with Gasteiger partial charge in [0.25, 0.3) is 0 Å². The highest BCUT2D eigenvalue weighted by Crippen LogP contribution is 2.25. The van der Waals surface area contributed by atoms with Gasteiger partial charge in [-0.2, -0.15) is 13.2 Å². The molecule has 0 spiro atoms. The van der Waals surface area contributed by atoms with Crippen molar-refractivity contribution in [3.63, 3.8) is 0 Å². The predicted octanol–water partition coefficient (Wildman–Crippen LogP) is 2.01. The lowest BCUT2D eigenvalue weighted by molar-refractivity contribution is -0.122. The van der Waals surface area contributed by atoms with E-state index in [2.05, 4.69) is 5.32 Å². The summed E-state index contributed by atoms with van der Waals surface area (Å²) in [7, 11) is 1.34. The van der Waals surface area contributed by atoms with E-state index in [4.69, 9.17) is 22.7 Å². The van der Waals surface area contributed by atoms with Crippen molar-refractivity contribution < 1.29 is 22.7 Å². The molecule has 9 heteroatoms. The van der Waals surface area contributed by atoms with Gasteiger partial charge in [-0.05, 0) is 18.2 Å². The van der Waals surface area contributed by atoms with Gasteiger partial charge in [0.1, 0.15) is 17.3 Å². The van der Waals surface area contributed by atoms with Crippen LogP contribution in [0.2, 0.25) is 0 Å². The third kappa shape index (κ3) is 4.92. The largest absolute Gasteiger partial charge is 0.495 e. The van der Waals surface area contributed by atoms with E-state index in [0.717, 1.165) is 0 Å². The highest BCUT2D eigenvalue weighted by molar-refractivity contribution is 7.80. The number of methoxy groups -OCH3 is 1. The molecule has 0 unspecified atom stereocenters. The molecule has 20 heavy (non-hydrogen) atoms. The van der Waals surface area contributed by atoms with Crippen LogP contribution in [0.5, 0.6) is 5.75 Å². The molecule has 0 fully saturated rings. The standard InChI is InChI=1S/C11H12F3N3O2S/c1-19-8-4-6(9(15)20)2-3-7(8)17-10(18)16-5-11(12,13)14/h2-4H,5H2,1H3,(H2,15,20)(H2,16,17,18). The lowest BCUT2D eigenvalue weighted by Gasteiger charge is -2.13. The van der Waals surface area contributed by atoms with Crippen molar-refractivity contribution in [1.82, 2.24) is 5.32 Å². The molecule has 2 amide bonds. The van der Waals surface area contributed by atoms with Crippen LogP contribution in [0.1, 0.15) is 5.56 Å². The van der Waals surface area contributed by atoms with Crippen LogP contribution in [-0.2, 0) is 0 Å². The number of thiocarbonyl (C=S) groups is 1. The average Bonchev–Trinajstić information content (AvgIpc) is 2.35. The Hall–Kier alpha value is -2.03. The number of benzene rings is 1. The molecule has 0 bridgehead atoms. The Bertz CT molecular complexity index is 520. The van der Waals surface area contributed by atoms with Crippen molar-refractivity contribution in [2.24, 2.45) is 5.73 Å². The molecule has 0 aromatic heterocycles. The van der Waals surface area contributed by atoms with Crippen LogP contribution in [0.15, 0.2) is 18.2 Å². The molecular weight excluding hydrogens is 295 g/mol. The summed E-state index contributed by atoms with van der Waals surface area (Å²) in [6, 6.07) is 3.43. The van der Waals surface area contributed by atoms with Crippen molar-refractivity contribution >= 4 is 28.9 Å². The number of hydrogen-bond donors (Lipinski definition) is 3. The number of anilines is 1. The number of nitrogens with two attached hydrogens (primary N) is 1. The Balaban J connectivity index is 2.77. The second kappa shape index (κ2) is 6.42. The quantitative estimate of drug-likeness (QED) is 0.744. The Morgan fingerprint density at radius 1 is 1.45 bits per heavy atom. The fourth-order valence-electron chi connectivity index (χ4n) is 1.29. The summed E-state index contributed by atoms with van der Waals surface area (Å²) < 4.78 is 40.8. The lowest BCUT2D eigenvalue weighted by Crippen LogP contribution is -2.36. The maximum absolute atomic E-state index is 11.9. The van der Waals surface area contributed by atoms with Crippen LogP contribution in [0, 0.1) is 0 Å². The van der Waals surface area contributed by atoms with E-state index < -0.39 is 18.8 Å². The van der Waals surface area contributed by atoms with Crippen LogP contribution in [-0.4, -0.2) is 30.9 Å². The van der Waals surface area contributed by atoms with Crippen LogP contribution >= 0.6 is 12.2 Å². The van der Waals surface area contributed by atoms with Crippen molar-refractivity contribution in [3.05, 3.63) is 23.8 Å². The zero-order valence-corrected chi connectivity index (χ0v) is 11.2. The first kappa shape index (κ1) is 16.0. The Labute approximate surface area is 118 Å². The predicted molar refractivity (Wildman–Crippen MR) is 72.0 cm³/mol. The highest BCUT2D eigenvalue weighted by atomic mass is 32.1. The number of carbonyl (C=O) groups is 1. The Morgan fingerprint density at radius 3 is 2.60 bits per heavy atom. The number of halogens is 3. The number of ether oxygens (including phenoxy) is 1. The van der Waals surface area contributed by atoms with Gasteiger partial charge < -0.3 is 21.1 Å². The van der Waals surface area contributed by atoms with E-state index in [1.807, 2.05) is 0 Å². The second-order valence-electron chi connectivity index (χ2n) is 3.70. The summed E-state index contributed by atoms with van der Waals surface area (Å²) in [5, 5.41) is 3.92. The number of hydrogen-bond acceptors (Lipinski definition) is 3. The van der Waals surface area contributed by atoms with Gasteiger partial charge in [0, 0.05) is 5.56 Å². The SMILES string of the molecule is COc1cc(C(N)=S)ccc1NC(=O)NCC(F)(F)F. The second-order valence-corrected chi connectivity index (χ2v) is 4.14. The van der Waals surface area contributed by atoms with Gasteiger partial charge in [-0.25, -0.2) is 4.79 Å². The molecule has 0 radical (unpaired) electrons. The summed E-state index contributed by atoms with van der Waals surface area (Å²) >= 11 is 4.78. The third-order valence-electron chi connectivity index (χ3n) is 2.18. The van der Waals surface area contributed by atoms with Gasteiger partial charge in [0.05, 0.1) is 12.8 Å². The van der Waals surface area contributed by atoms with Gasteiger partial charge in [0.2, 0.25) is 0 Å². The topological polar surface area (TPSA) is 76.4 Å². The maximum atomic E-state index is 11.9. The molecule has 4 N–H and O–H groups in total. The first-order valence-electron chi connectivity index (χ1n) is 5.32. The van der Waals surface area contributed by atoms with E-state index in [1.165, 1.54) is 25.3 Å². The average molecular weight is 307 g/mol. The summed E-state index contributed by atoms with van der Waals surface area (Å²) in [6.45, 7) is -1.42. The molecule has 110 valence electrons. The Kier molecular flexibility index (Phi) is 5.14.